The van der Waals surface area contributed by atoms with Gasteiger partial charge in [-0.25, -0.2) is 0 Å². The maximum absolute atomic E-state index is 12.0. The molecule has 2 aliphatic heterocycles. The predicted octanol–water partition coefficient (Wildman–Crippen LogP) is 2.31. The molecule has 0 spiro atoms. The van der Waals surface area contributed by atoms with Crippen molar-refractivity contribution in [2.45, 2.75) is 30.3 Å². The number of amides is 1. The van der Waals surface area contributed by atoms with E-state index in [9.17, 15) is 13.6 Å². The van der Waals surface area contributed by atoms with Crippen LogP contribution in [-0.2, 0) is 22.4 Å². The molecular formula is C24H31N4O5S-. The van der Waals surface area contributed by atoms with Crippen molar-refractivity contribution in [2.75, 3.05) is 39.4 Å². The summed E-state index contributed by atoms with van der Waals surface area (Å²) in [5, 5.41) is 6.91. The molecule has 0 saturated carbocycles. The third-order valence-corrected chi connectivity index (χ3v) is 6.63. The maximum Gasteiger partial charge on any atom is 0.287 e. The van der Waals surface area contributed by atoms with E-state index in [2.05, 4.69) is 20.5 Å². The third-order valence-electron chi connectivity index (χ3n) is 5.97. The highest BCUT2D eigenvalue weighted by Crippen LogP contribution is 2.18. The fraction of sp³-hybridized carbons (Fsp3) is 0.417. The van der Waals surface area contributed by atoms with Gasteiger partial charge in [-0.2, -0.15) is 0 Å². The first-order valence-corrected chi connectivity index (χ1v) is 12.5. The van der Waals surface area contributed by atoms with E-state index in [0.29, 0.717) is 5.58 Å². The van der Waals surface area contributed by atoms with Crippen molar-refractivity contribution in [3.8, 4) is 0 Å². The number of carbonyl (C=O) groups excluding carboxylic acids is 1. The predicted molar refractivity (Wildman–Crippen MR) is 129 cm³/mol. The molecule has 2 aromatic heterocycles. The molecule has 10 heteroatoms. The second kappa shape index (κ2) is 12.2. The Morgan fingerprint density at radius 2 is 1.94 bits per heavy atom. The van der Waals surface area contributed by atoms with E-state index in [1.165, 1.54) is 38.1 Å². The number of benzene rings is 1. The van der Waals surface area contributed by atoms with E-state index in [1.807, 2.05) is 0 Å². The average molecular weight is 488 g/mol. The Hall–Kier alpha value is -2.63. The van der Waals surface area contributed by atoms with Crippen LogP contribution in [0.15, 0.2) is 58.1 Å². The molecule has 1 aromatic carbocycles. The van der Waals surface area contributed by atoms with Gasteiger partial charge in [0, 0.05) is 69.9 Å². The summed E-state index contributed by atoms with van der Waals surface area (Å²) in [6, 6.07) is 10.5. The summed E-state index contributed by atoms with van der Waals surface area (Å²) in [5.74, 6) is -0.132. The third kappa shape index (κ3) is 6.71. The molecule has 184 valence electrons. The molecule has 2 aliphatic rings. The van der Waals surface area contributed by atoms with Crippen LogP contribution in [0.4, 0.5) is 0 Å². The molecule has 0 bridgehead atoms. The lowest BCUT2D eigenvalue weighted by atomic mass is 10.1. The van der Waals surface area contributed by atoms with Gasteiger partial charge >= 0.3 is 0 Å². The van der Waals surface area contributed by atoms with Crippen molar-refractivity contribution in [1.82, 2.24) is 20.5 Å². The van der Waals surface area contributed by atoms with E-state index in [4.69, 9.17) is 9.15 Å². The first kappa shape index (κ1) is 24.5. The summed E-state index contributed by atoms with van der Waals surface area (Å²) in [4.78, 5) is 18.8. The molecule has 0 aliphatic carbocycles. The lowest BCUT2D eigenvalue weighted by molar-refractivity contribution is 0.0299. The smallest absolute Gasteiger partial charge is 0.287 e. The molecule has 1 amide bonds. The summed E-state index contributed by atoms with van der Waals surface area (Å²) in [6.45, 7) is 6.99. The van der Waals surface area contributed by atoms with Crippen LogP contribution in [0.2, 0.25) is 0 Å². The van der Waals surface area contributed by atoms with Crippen molar-refractivity contribution < 1.29 is 24.1 Å². The van der Waals surface area contributed by atoms with Crippen molar-refractivity contribution in [3.63, 3.8) is 0 Å². The highest BCUT2D eigenvalue weighted by Gasteiger charge is 2.22. The number of nitrogens with one attached hydrogen (secondary N) is 2. The number of fused-ring (bicyclic) bond motifs is 1. The van der Waals surface area contributed by atoms with Crippen LogP contribution in [-0.4, -0.2) is 70.0 Å². The van der Waals surface area contributed by atoms with Gasteiger partial charge in [-0.05, 0) is 53.8 Å². The largest absolute Gasteiger partial charge is 0.768 e. The minimum atomic E-state index is -2.25. The number of piperazine rings is 1. The second-order valence-electron chi connectivity index (χ2n) is 8.22. The Bertz CT molecular complexity index is 1050. The normalized spacial score (nSPS) is 18.1. The number of furan rings is 1. The van der Waals surface area contributed by atoms with Gasteiger partial charge in [0.15, 0.2) is 11.3 Å². The van der Waals surface area contributed by atoms with Gasteiger partial charge in [0.1, 0.15) is 0 Å². The lowest BCUT2D eigenvalue weighted by Crippen LogP contribution is -2.49. The Labute approximate surface area is 202 Å². The standard InChI is InChI=1S/C15H12N2O4S.C9H18N2O.H2/c18-15(13-7-11-5-6-16-9-14(11)21-13)17-8-10-1-3-12(4-2-10)22(19)20;1-7-12-8-2-9(1)11-5-3-10-4-6-11;/h1-7,9H,8H2,(H,17,18)(H,19,20);9-10H,1-8H2;1H/p-1. The molecule has 1 atom stereocenters. The van der Waals surface area contributed by atoms with Crippen molar-refractivity contribution in [1.29, 1.82) is 0 Å². The zero-order chi connectivity index (χ0) is 23.8. The number of rotatable bonds is 5. The summed E-state index contributed by atoms with van der Waals surface area (Å²) >= 11 is -2.25. The van der Waals surface area contributed by atoms with E-state index >= 15 is 0 Å². The maximum atomic E-state index is 12.0. The highest BCUT2D eigenvalue weighted by atomic mass is 32.2. The number of hydrogen-bond acceptors (Lipinski definition) is 8. The molecule has 9 nitrogen and oxygen atoms in total. The van der Waals surface area contributed by atoms with Crippen molar-refractivity contribution >= 4 is 28.0 Å². The molecule has 4 heterocycles. The minimum Gasteiger partial charge on any atom is -0.768 e. The topological polar surface area (TPSA) is 120 Å². The molecule has 5 rings (SSSR count). The lowest BCUT2D eigenvalue weighted by Gasteiger charge is -2.36. The van der Waals surface area contributed by atoms with Crippen molar-refractivity contribution in [2.24, 2.45) is 0 Å². The SMILES string of the molecule is C1CN(C2CCOCC2)CCN1.O=C(NCc1ccc(S(=O)[O-])cc1)c1cc2ccncc2o1.[HH]. The summed E-state index contributed by atoms with van der Waals surface area (Å²) < 4.78 is 32.3. The van der Waals surface area contributed by atoms with Crippen molar-refractivity contribution in [3.05, 3.63) is 60.1 Å². The number of pyridine rings is 1. The van der Waals surface area contributed by atoms with Crippen LogP contribution in [0.5, 0.6) is 0 Å². The molecule has 0 radical (unpaired) electrons. The van der Waals surface area contributed by atoms with Gasteiger partial charge in [-0.15, -0.1) is 0 Å². The van der Waals surface area contributed by atoms with Gasteiger partial charge in [0.2, 0.25) is 0 Å². The van der Waals surface area contributed by atoms with Crippen LogP contribution < -0.4 is 10.6 Å². The van der Waals surface area contributed by atoms with Gasteiger partial charge < -0.3 is 24.3 Å². The average Bonchev–Trinajstić information content (AvgIpc) is 3.34. The van der Waals surface area contributed by atoms with Gasteiger partial charge in [0.05, 0.1) is 6.20 Å². The Morgan fingerprint density at radius 3 is 2.62 bits per heavy atom. The molecule has 2 saturated heterocycles. The molecule has 34 heavy (non-hydrogen) atoms. The summed E-state index contributed by atoms with van der Waals surface area (Å²) in [7, 11) is 0. The molecule has 2 fully saturated rings. The number of aromatic nitrogens is 1. The molecule has 1 unspecified atom stereocenters. The first-order valence-electron chi connectivity index (χ1n) is 11.4. The Morgan fingerprint density at radius 1 is 1.21 bits per heavy atom. The first-order chi connectivity index (χ1) is 16.6. The monoisotopic (exact) mass is 487 g/mol. The van der Waals surface area contributed by atoms with Gasteiger partial charge in [-0.1, -0.05) is 12.1 Å². The second-order valence-corrected chi connectivity index (χ2v) is 9.16. The van der Waals surface area contributed by atoms with Crippen LogP contribution in [0.25, 0.3) is 11.0 Å². The minimum absolute atomic E-state index is 0. The molecule has 3 aromatic rings. The Kier molecular flexibility index (Phi) is 8.78. The number of hydrogen-bond donors (Lipinski definition) is 2. The Balaban J connectivity index is 0.000000223. The fourth-order valence-corrected chi connectivity index (χ4v) is 4.44. The summed E-state index contributed by atoms with van der Waals surface area (Å²) in [6.07, 6.45) is 5.65. The van der Waals surface area contributed by atoms with Crippen LogP contribution in [0, 0.1) is 0 Å². The number of ether oxygens (including phenoxy) is 1. The molecular weight excluding hydrogens is 456 g/mol. The highest BCUT2D eigenvalue weighted by molar-refractivity contribution is 7.79. The van der Waals surface area contributed by atoms with E-state index in [-0.39, 0.29) is 24.5 Å². The molecule has 2 N–H and O–H groups in total. The van der Waals surface area contributed by atoms with E-state index < -0.39 is 11.1 Å². The van der Waals surface area contributed by atoms with E-state index in [1.54, 1.807) is 36.7 Å². The number of nitrogens with zero attached hydrogens (tertiary/aromatic N) is 2. The summed E-state index contributed by atoms with van der Waals surface area (Å²) in [5.41, 5.74) is 1.34. The zero-order valence-electron chi connectivity index (χ0n) is 18.9. The van der Waals surface area contributed by atoms with Gasteiger partial charge in [-0.3, -0.25) is 18.9 Å². The quantitative estimate of drug-likeness (QED) is 0.526. The fourth-order valence-electron chi connectivity index (χ4n) is 4.08. The van der Waals surface area contributed by atoms with Crippen LogP contribution in [0.3, 0.4) is 0 Å². The number of carbonyl (C=O) groups is 1. The van der Waals surface area contributed by atoms with Crippen LogP contribution >= 0.6 is 0 Å². The van der Waals surface area contributed by atoms with Gasteiger partial charge in [0.25, 0.3) is 5.91 Å². The van der Waals surface area contributed by atoms with Crippen LogP contribution in [0.1, 0.15) is 30.4 Å². The zero-order valence-corrected chi connectivity index (χ0v) is 19.7. The van der Waals surface area contributed by atoms with E-state index in [0.717, 1.165) is 43.3 Å².